The summed E-state index contributed by atoms with van der Waals surface area (Å²) < 4.78 is 13.7. The Balaban J connectivity index is 1.80. The Morgan fingerprint density at radius 3 is 2.95 bits per heavy atom. The van der Waals surface area contributed by atoms with Crippen LogP contribution in [0.3, 0.4) is 0 Å². The van der Waals surface area contributed by atoms with Gasteiger partial charge in [-0.05, 0) is 24.6 Å². The fourth-order valence-electron chi connectivity index (χ4n) is 1.60. The van der Waals surface area contributed by atoms with Crippen molar-refractivity contribution in [1.29, 1.82) is 0 Å². The molecule has 1 amide bonds. The van der Waals surface area contributed by atoms with Gasteiger partial charge in [-0.3, -0.25) is 9.89 Å². The lowest BCUT2D eigenvalue weighted by atomic mass is 10.2. The second kappa shape index (κ2) is 6.42. The normalized spacial score (nSPS) is 10.4. The van der Waals surface area contributed by atoms with Gasteiger partial charge in [0.15, 0.2) is 0 Å². The molecule has 100 valence electrons. The summed E-state index contributed by atoms with van der Waals surface area (Å²) in [6.07, 6.45) is 2.88. The molecule has 0 spiro atoms. The van der Waals surface area contributed by atoms with Gasteiger partial charge in [0.2, 0.25) is 0 Å². The first-order valence-corrected chi connectivity index (χ1v) is 6.53. The number of hydrogen-bond donors (Lipinski definition) is 2. The first-order chi connectivity index (χ1) is 9.15. The molecule has 2 N–H and O–H groups in total. The summed E-state index contributed by atoms with van der Waals surface area (Å²) in [7, 11) is 0. The van der Waals surface area contributed by atoms with Gasteiger partial charge in [0.05, 0.1) is 0 Å². The van der Waals surface area contributed by atoms with E-state index in [4.69, 9.17) is 0 Å². The van der Waals surface area contributed by atoms with Crippen LogP contribution in [0.1, 0.15) is 22.6 Å². The quantitative estimate of drug-likeness (QED) is 0.826. The van der Waals surface area contributed by atoms with Crippen molar-refractivity contribution in [3.8, 4) is 0 Å². The average Bonchev–Trinajstić information content (AvgIpc) is 2.86. The van der Waals surface area contributed by atoms with E-state index < -0.39 is 5.82 Å². The minimum absolute atomic E-state index is 0.294. The Hall–Kier alpha value is -1.76. The summed E-state index contributed by atoms with van der Waals surface area (Å²) in [5, 5.41) is 9.20. The number of H-pyrrole nitrogens is 1. The number of rotatable bonds is 5. The minimum atomic E-state index is -0.443. The van der Waals surface area contributed by atoms with E-state index in [0.29, 0.717) is 23.0 Å². The second-order valence-electron chi connectivity index (χ2n) is 3.95. The fourth-order valence-corrected chi connectivity index (χ4v) is 2.06. The molecule has 7 heteroatoms. The highest BCUT2D eigenvalue weighted by Gasteiger charge is 2.07. The molecule has 1 heterocycles. The van der Waals surface area contributed by atoms with Gasteiger partial charge in [-0.1, -0.05) is 15.9 Å². The molecule has 19 heavy (non-hydrogen) atoms. The number of amides is 1. The van der Waals surface area contributed by atoms with Crippen molar-refractivity contribution in [2.45, 2.75) is 12.8 Å². The molecule has 1 aromatic heterocycles. The third-order valence-electron chi connectivity index (χ3n) is 2.47. The van der Waals surface area contributed by atoms with Crippen molar-refractivity contribution in [2.75, 3.05) is 6.54 Å². The molecule has 0 aliphatic carbocycles. The average molecular weight is 327 g/mol. The highest BCUT2D eigenvalue weighted by atomic mass is 79.9. The number of carbonyl (C=O) groups is 1. The zero-order valence-electron chi connectivity index (χ0n) is 9.99. The molecule has 0 bridgehead atoms. The summed E-state index contributed by atoms with van der Waals surface area (Å²) in [6, 6.07) is 4.09. The molecule has 2 rings (SSSR count). The van der Waals surface area contributed by atoms with Crippen LogP contribution in [0.15, 0.2) is 29.0 Å². The molecule has 0 unspecified atom stereocenters. The second-order valence-corrected chi connectivity index (χ2v) is 4.87. The number of benzene rings is 1. The Bertz CT molecular complexity index is 539. The molecule has 0 saturated carbocycles. The van der Waals surface area contributed by atoms with E-state index >= 15 is 0 Å². The topological polar surface area (TPSA) is 70.7 Å². The summed E-state index contributed by atoms with van der Waals surface area (Å²) in [4.78, 5) is 15.8. The van der Waals surface area contributed by atoms with Gasteiger partial charge < -0.3 is 5.32 Å². The van der Waals surface area contributed by atoms with Gasteiger partial charge in [-0.2, -0.15) is 5.10 Å². The number of aromatic amines is 1. The molecule has 0 fully saturated rings. The van der Waals surface area contributed by atoms with Crippen LogP contribution < -0.4 is 5.32 Å². The zero-order chi connectivity index (χ0) is 13.7. The van der Waals surface area contributed by atoms with Gasteiger partial charge in [0, 0.05) is 23.0 Å². The van der Waals surface area contributed by atoms with E-state index in [9.17, 15) is 9.18 Å². The molecular formula is C12H12BrFN4O. The van der Waals surface area contributed by atoms with Crippen LogP contribution in [0.2, 0.25) is 0 Å². The van der Waals surface area contributed by atoms with Crippen LogP contribution in [0.4, 0.5) is 4.39 Å². The molecule has 5 nitrogen and oxygen atoms in total. The summed E-state index contributed by atoms with van der Waals surface area (Å²) in [6.45, 7) is 0.494. The number of halogens is 2. The van der Waals surface area contributed by atoms with E-state index in [-0.39, 0.29) is 5.91 Å². The number of hydrogen-bond acceptors (Lipinski definition) is 3. The predicted molar refractivity (Wildman–Crippen MR) is 71.1 cm³/mol. The van der Waals surface area contributed by atoms with Crippen LogP contribution in [-0.2, 0) is 6.42 Å². The van der Waals surface area contributed by atoms with Gasteiger partial charge in [0.1, 0.15) is 18.0 Å². The van der Waals surface area contributed by atoms with E-state index in [0.717, 1.165) is 12.2 Å². The maximum Gasteiger partial charge on any atom is 0.251 e. The van der Waals surface area contributed by atoms with Crippen molar-refractivity contribution in [1.82, 2.24) is 20.5 Å². The van der Waals surface area contributed by atoms with Gasteiger partial charge in [-0.25, -0.2) is 9.37 Å². The van der Waals surface area contributed by atoms with Crippen molar-refractivity contribution >= 4 is 21.8 Å². The van der Waals surface area contributed by atoms with E-state index in [1.54, 1.807) is 6.07 Å². The minimum Gasteiger partial charge on any atom is -0.352 e. The standard InChI is InChI=1S/C12H12BrFN4O/c13-9-4-8(5-10(14)6-9)12(19)15-3-1-2-11-16-7-17-18-11/h4-7H,1-3H2,(H,15,19)(H,16,17,18). The Morgan fingerprint density at radius 2 is 2.26 bits per heavy atom. The van der Waals surface area contributed by atoms with E-state index in [1.807, 2.05) is 0 Å². The van der Waals surface area contributed by atoms with Crippen molar-refractivity contribution in [3.63, 3.8) is 0 Å². The van der Waals surface area contributed by atoms with Crippen LogP contribution in [0.5, 0.6) is 0 Å². The van der Waals surface area contributed by atoms with Crippen molar-refractivity contribution in [2.24, 2.45) is 0 Å². The van der Waals surface area contributed by atoms with Gasteiger partial charge >= 0.3 is 0 Å². The van der Waals surface area contributed by atoms with Crippen molar-refractivity contribution < 1.29 is 9.18 Å². The van der Waals surface area contributed by atoms with Crippen molar-refractivity contribution in [3.05, 3.63) is 46.2 Å². The summed E-state index contributed by atoms with van der Waals surface area (Å²) in [5.41, 5.74) is 0.298. The maximum absolute atomic E-state index is 13.1. The highest BCUT2D eigenvalue weighted by molar-refractivity contribution is 9.10. The molecule has 2 aromatic rings. The summed E-state index contributed by atoms with van der Waals surface area (Å²) in [5.74, 6) is 0.0432. The number of carbonyl (C=O) groups excluding carboxylic acids is 1. The third kappa shape index (κ3) is 4.13. The number of nitrogens with one attached hydrogen (secondary N) is 2. The molecule has 0 saturated heterocycles. The number of aryl methyl sites for hydroxylation is 1. The van der Waals surface area contributed by atoms with E-state index in [1.165, 1.54) is 18.5 Å². The Morgan fingerprint density at radius 1 is 1.42 bits per heavy atom. The largest absolute Gasteiger partial charge is 0.352 e. The monoisotopic (exact) mass is 326 g/mol. The lowest BCUT2D eigenvalue weighted by Gasteiger charge is -2.05. The Kier molecular flexibility index (Phi) is 4.62. The lowest BCUT2D eigenvalue weighted by Crippen LogP contribution is -2.25. The van der Waals surface area contributed by atoms with Gasteiger partial charge in [0.25, 0.3) is 5.91 Å². The van der Waals surface area contributed by atoms with Crippen LogP contribution in [0, 0.1) is 5.82 Å². The van der Waals surface area contributed by atoms with Gasteiger partial charge in [-0.15, -0.1) is 0 Å². The van der Waals surface area contributed by atoms with Crippen LogP contribution >= 0.6 is 15.9 Å². The smallest absolute Gasteiger partial charge is 0.251 e. The first-order valence-electron chi connectivity index (χ1n) is 5.73. The van der Waals surface area contributed by atoms with Crippen LogP contribution in [-0.4, -0.2) is 27.6 Å². The third-order valence-corrected chi connectivity index (χ3v) is 2.92. The maximum atomic E-state index is 13.1. The molecular weight excluding hydrogens is 315 g/mol. The molecule has 0 aliphatic heterocycles. The van der Waals surface area contributed by atoms with Crippen LogP contribution in [0.25, 0.3) is 0 Å². The number of aromatic nitrogens is 3. The molecule has 1 aromatic carbocycles. The first kappa shape index (κ1) is 13.7. The lowest BCUT2D eigenvalue weighted by molar-refractivity contribution is 0.0952. The summed E-state index contributed by atoms with van der Waals surface area (Å²) >= 11 is 3.15. The van der Waals surface area contributed by atoms with E-state index in [2.05, 4.69) is 36.4 Å². The SMILES string of the molecule is O=C(NCCCc1ncn[nH]1)c1cc(F)cc(Br)c1. The number of nitrogens with zero attached hydrogens (tertiary/aromatic N) is 2. The predicted octanol–water partition coefficient (Wildman–Crippen LogP) is 2.07. The Labute approximate surface area is 117 Å². The highest BCUT2D eigenvalue weighted by Crippen LogP contribution is 2.14. The molecule has 0 radical (unpaired) electrons. The molecule has 0 atom stereocenters. The fraction of sp³-hybridized carbons (Fsp3) is 0.250. The molecule has 0 aliphatic rings. The zero-order valence-corrected chi connectivity index (χ0v) is 11.6.